The largest absolute Gasteiger partial charge is 0.353 e. The quantitative estimate of drug-likeness (QED) is 0.645. The lowest BCUT2D eigenvalue weighted by atomic mass is 9.86. The summed E-state index contributed by atoms with van der Waals surface area (Å²) in [6, 6.07) is 10.4. The summed E-state index contributed by atoms with van der Waals surface area (Å²) in [7, 11) is 0. The predicted octanol–water partition coefficient (Wildman–Crippen LogP) is 4.37. The van der Waals surface area contributed by atoms with Crippen molar-refractivity contribution < 1.29 is 9.59 Å². The molecular weight excluding hydrogens is 446 g/mol. The molecule has 0 radical (unpaired) electrons. The van der Waals surface area contributed by atoms with Crippen LogP contribution >= 0.6 is 11.3 Å². The summed E-state index contributed by atoms with van der Waals surface area (Å²) in [6.45, 7) is 11.2. The molecule has 0 saturated carbocycles. The van der Waals surface area contributed by atoms with Crippen molar-refractivity contribution in [1.29, 1.82) is 0 Å². The van der Waals surface area contributed by atoms with Crippen LogP contribution in [0.25, 0.3) is 0 Å². The topological polar surface area (TPSA) is 68.2 Å². The monoisotopic (exact) mass is 479 g/mol. The number of nitrogens with one attached hydrogen (secondary N) is 1. The van der Waals surface area contributed by atoms with Crippen LogP contribution in [0.3, 0.4) is 0 Å². The zero-order valence-corrected chi connectivity index (χ0v) is 21.1. The highest BCUT2D eigenvalue weighted by molar-refractivity contribution is 7.16. The molecule has 2 amide bonds. The minimum absolute atomic E-state index is 0.00643. The third kappa shape index (κ3) is 4.25. The van der Waals surface area contributed by atoms with E-state index in [4.69, 9.17) is 4.99 Å². The van der Waals surface area contributed by atoms with Gasteiger partial charge in [-0.25, -0.2) is 4.99 Å². The number of imide groups is 1. The van der Waals surface area contributed by atoms with E-state index in [1.807, 2.05) is 26.0 Å². The summed E-state index contributed by atoms with van der Waals surface area (Å²) in [5.41, 5.74) is 2.69. The molecule has 180 valence electrons. The number of fused-ring (bicyclic) bond motifs is 2. The molecule has 0 aliphatic carbocycles. The maximum Gasteiger partial charge on any atom is 0.235 e. The third-order valence-electron chi connectivity index (χ3n) is 7.39. The van der Waals surface area contributed by atoms with Gasteiger partial charge >= 0.3 is 0 Å². The van der Waals surface area contributed by atoms with Gasteiger partial charge in [0.15, 0.2) is 0 Å². The third-order valence-corrected chi connectivity index (χ3v) is 8.35. The number of likely N-dealkylation sites (tertiary alicyclic amines) is 1. The van der Waals surface area contributed by atoms with Crippen LogP contribution in [-0.4, -0.2) is 71.6 Å². The van der Waals surface area contributed by atoms with Crippen molar-refractivity contribution >= 4 is 45.4 Å². The Labute approximate surface area is 205 Å². The average molecular weight is 480 g/mol. The predicted molar refractivity (Wildman–Crippen MR) is 137 cm³/mol. The molecule has 1 atom stereocenters. The Bertz CT molecular complexity index is 1130. The van der Waals surface area contributed by atoms with Crippen molar-refractivity contribution in [3.05, 3.63) is 40.8 Å². The second-order valence-electron chi connectivity index (χ2n) is 9.80. The number of carbonyl (C=O) groups is 2. The first kappa shape index (κ1) is 23.1. The van der Waals surface area contributed by atoms with E-state index in [2.05, 4.69) is 40.2 Å². The molecule has 2 aromatic rings. The summed E-state index contributed by atoms with van der Waals surface area (Å²) in [4.78, 5) is 37.7. The summed E-state index contributed by atoms with van der Waals surface area (Å²) < 4.78 is 0. The second-order valence-corrected chi connectivity index (χ2v) is 11.1. The maximum atomic E-state index is 12.7. The number of thiophene rings is 1. The van der Waals surface area contributed by atoms with E-state index in [-0.39, 0.29) is 11.8 Å². The molecule has 2 saturated heterocycles. The van der Waals surface area contributed by atoms with E-state index < -0.39 is 5.41 Å². The highest BCUT2D eigenvalue weighted by atomic mass is 32.1. The molecule has 7 nitrogen and oxygen atoms in total. The Morgan fingerprint density at radius 3 is 2.62 bits per heavy atom. The highest BCUT2D eigenvalue weighted by Crippen LogP contribution is 2.39. The Hall–Kier alpha value is -2.71. The van der Waals surface area contributed by atoms with Gasteiger partial charge in [-0.1, -0.05) is 26.0 Å². The van der Waals surface area contributed by atoms with Crippen molar-refractivity contribution in [2.24, 2.45) is 10.4 Å². The Morgan fingerprint density at radius 1 is 1.12 bits per heavy atom. The maximum absolute atomic E-state index is 12.7. The van der Waals surface area contributed by atoms with Gasteiger partial charge in [-0.05, 0) is 44.5 Å². The summed E-state index contributed by atoms with van der Waals surface area (Å²) in [5.74, 6) is 1.04. The van der Waals surface area contributed by atoms with Crippen molar-refractivity contribution in [1.82, 2.24) is 14.7 Å². The lowest BCUT2D eigenvalue weighted by molar-refractivity contribution is -0.141. The zero-order chi connectivity index (χ0) is 23.9. The fraction of sp³-hybridized carbons (Fsp3) is 0.500. The molecule has 1 aromatic carbocycles. The number of piperazine rings is 1. The standard InChI is InChI=1S/C26H33N5O2S/c1-4-26(3)17-22(32)31(25(26)33)11-7-10-29-12-14-30(15-13-29)23-19-16-18(2)34-24(19)28-21-9-6-5-8-20(21)27-23/h5-6,8-9,16,28H,4,7,10-15,17H2,1-3H3. The molecule has 1 N–H and O–H groups in total. The molecule has 2 fully saturated rings. The van der Waals surface area contributed by atoms with Crippen LogP contribution < -0.4 is 5.32 Å². The number of amides is 2. The average Bonchev–Trinajstić information content (AvgIpc) is 3.24. The molecule has 8 heteroatoms. The van der Waals surface area contributed by atoms with Gasteiger partial charge in [0.25, 0.3) is 0 Å². The number of aliphatic imine (C=N–C) groups is 1. The molecule has 4 heterocycles. The van der Waals surface area contributed by atoms with Crippen LogP contribution in [0.5, 0.6) is 0 Å². The number of hydrogen-bond donors (Lipinski definition) is 1. The smallest absolute Gasteiger partial charge is 0.235 e. The number of aryl methyl sites for hydroxylation is 1. The van der Waals surface area contributed by atoms with Crippen LogP contribution in [0.2, 0.25) is 0 Å². The normalized spacial score (nSPS) is 22.9. The fourth-order valence-electron chi connectivity index (χ4n) is 5.07. The van der Waals surface area contributed by atoms with E-state index in [1.54, 1.807) is 11.3 Å². The van der Waals surface area contributed by atoms with E-state index in [0.29, 0.717) is 19.4 Å². The van der Waals surface area contributed by atoms with Gasteiger partial charge in [0.1, 0.15) is 10.8 Å². The molecule has 0 bridgehead atoms. The minimum Gasteiger partial charge on any atom is -0.353 e. The van der Waals surface area contributed by atoms with E-state index in [0.717, 1.165) is 61.4 Å². The van der Waals surface area contributed by atoms with Gasteiger partial charge < -0.3 is 10.2 Å². The number of para-hydroxylation sites is 2. The molecule has 3 aliphatic rings. The molecule has 5 rings (SSSR count). The van der Waals surface area contributed by atoms with Crippen molar-refractivity contribution in [3.8, 4) is 0 Å². The Kier molecular flexibility index (Phi) is 6.20. The first-order chi connectivity index (χ1) is 16.4. The molecule has 0 spiro atoms. The van der Waals surface area contributed by atoms with Crippen LogP contribution in [-0.2, 0) is 9.59 Å². The zero-order valence-electron chi connectivity index (χ0n) is 20.3. The molecular formula is C26H33N5O2S. The lowest BCUT2D eigenvalue weighted by Crippen LogP contribution is -2.49. The van der Waals surface area contributed by atoms with Gasteiger partial charge in [-0.15, -0.1) is 11.3 Å². The van der Waals surface area contributed by atoms with Gasteiger partial charge in [0, 0.05) is 44.0 Å². The van der Waals surface area contributed by atoms with Crippen LogP contribution in [0.4, 0.5) is 16.4 Å². The fourth-order valence-corrected chi connectivity index (χ4v) is 5.99. The number of anilines is 2. The SMILES string of the molecule is CCC1(C)CC(=O)N(CCCN2CCN(C3=Nc4ccccc4Nc4sc(C)cc43)CC2)C1=O. The minimum atomic E-state index is -0.505. The number of amidine groups is 1. The number of benzene rings is 1. The summed E-state index contributed by atoms with van der Waals surface area (Å²) in [5, 5.41) is 4.74. The first-order valence-corrected chi connectivity index (χ1v) is 13.1. The van der Waals surface area contributed by atoms with Gasteiger partial charge in [0.05, 0.1) is 22.4 Å². The summed E-state index contributed by atoms with van der Waals surface area (Å²) >= 11 is 1.77. The van der Waals surface area contributed by atoms with E-state index in [1.165, 1.54) is 15.3 Å². The van der Waals surface area contributed by atoms with E-state index in [9.17, 15) is 9.59 Å². The molecule has 1 unspecified atom stereocenters. The molecule has 34 heavy (non-hydrogen) atoms. The van der Waals surface area contributed by atoms with Crippen molar-refractivity contribution in [2.75, 3.05) is 44.6 Å². The number of carbonyl (C=O) groups excluding carboxylic acids is 2. The lowest BCUT2D eigenvalue weighted by Gasteiger charge is -2.36. The second kappa shape index (κ2) is 9.15. The number of rotatable bonds is 5. The molecule has 3 aliphatic heterocycles. The van der Waals surface area contributed by atoms with E-state index >= 15 is 0 Å². The van der Waals surface area contributed by atoms with Crippen LogP contribution in [0.15, 0.2) is 35.3 Å². The molecule has 1 aromatic heterocycles. The number of nitrogens with zero attached hydrogens (tertiary/aromatic N) is 4. The van der Waals surface area contributed by atoms with Crippen molar-refractivity contribution in [2.45, 2.75) is 40.0 Å². The Balaban J connectivity index is 1.21. The first-order valence-electron chi connectivity index (χ1n) is 12.3. The van der Waals surface area contributed by atoms with Gasteiger partial charge in [0.2, 0.25) is 11.8 Å². The summed E-state index contributed by atoms with van der Waals surface area (Å²) in [6.07, 6.45) is 1.89. The van der Waals surface area contributed by atoms with Crippen LogP contribution in [0.1, 0.15) is 43.6 Å². The van der Waals surface area contributed by atoms with Crippen molar-refractivity contribution in [3.63, 3.8) is 0 Å². The number of hydrogen-bond acceptors (Lipinski definition) is 7. The van der Waals surface area contributed by atoms with Crippen LogP contribution in [0, 0.1) is 12.3 Å². The highest BCUT2D eigenvalue weighted by Gasteiger charge is 2.46. The van der Waals surface area contributed by atoms with Gasteiger partial charge in [-0.2, -0.15) is 0 Å². The Morgan fingerprint density at radius 2 is 1.88 bits per heavy atom. The van der Waals surface area contributed by atoms with Gasteiger partial charge in [-0.3, -0.25) is 19.4 Å².